The molecule has 2 aliphatic rings. The number of hydrogen-bond acceptors (Lipinski definition) is 6. The van der Waals surface area contributed by atoms with Crippen molar-refractivity contribution < 1.29 is 19.7 Å². The van der Waals surface area contributed by atoms with E-state index in [1.54, 1.807) is 12.1 Å². The number of carbonyl (C=O) groups is 1. The monoisotopic (exact) mass is 462 g/mol. The molecule has 2 aromatic carbocycles. The molecule has 0 spiro atoms. The van der Waals surface area contributed by atoms with E-state index in [9.17, 15) is 15.0 Å². The maximum Gasteiger partial charge on any atom is 0.404 e. The number of carboxylic acid groups (broad SMARTS) is 1. The average Bonchev–Trinajstić information content (AvgIpc) is 3.36. The van der Waals surface area contributed by atoms with Crippen LogP contribution in [0.2, 0.25) is 0 Å². The highest BCUT2D eigenvalue weighted by Gasteiger charge is 2.36. The second-order valence-electron chi connectivity index (χ2n) is 9.36. The molecule has 1 amide bonds. The zero-order valence-electron chi connectivity index (χ0n) is 19.3. The van der Waals surface area contributed by atoms with E-state index in [1.165, 1.54) is 0 Å². The van der Waals surface area contributed by atoms with Crippen molar-refractivity contribution >= 4 is 22.8 Å². The van der Waals surface area contributed by atoms with Gasteiger partial charge in [0.15, 0.2) is 5.82 Å². The Hall–Kier alpha value is -3.39. The van der Waals surface area contributed by atoms with Gasteiger partial charge in [0.1, 0.15) is 11.6 Å². The first-order valence-electron chi connectivity index (χ1n) is 11.9. The van der Waals surface area contributed by atoms with E-state index in [0.717, 1.165) is 48.1 Å². The molecule has 2 saturated heterocycles. The lowest BCUT2D eigenvalue weighted by molar-refractivity contribution is 0.147. The number of amides is 1. The van der Waals surface area contributed by atoms with E-state index < -0.39 is 6.09 Å². The van der Waals surface area contributed by atoms with Crippen LogP contribution in [-0.4, -0.2) is 58.6 Å². The summed E-state index contributed by atoms with van der Waals surface area (Å²) in [6, 6.07) is 13.1. The molecule has 3 aromatic rings. The fourth-order valence-corrected chi connectivity index (χ4v) is 5.34. The Morgan fingerprint density at radius 1 is 1.18 bits per heavy atom. The molecule has 2 fully saturated rings. The number of anilines is 1. The summed E-state index contributed by atoms with van der Waals surface area (Å²) in [7, 11) is 0. The van der Waals surface area contributed by atoms with E-state index in [1.807, 2.05) is 25.1 Å². The number of ether oxygens (including phenoxy) is 1. The van der Waals surface area contributed by atoms with Crippen molar-refractivity contribution in [3.63, 3.8) is 0 Å². The highest BCUT2D eigenvalue weighted by atomic mass is 16.5. The Labute approximate surface area is 198 Å². The van der Waals surface area contributed by atoms with Gasteiger partial charge in [-0.05, 0) is 61.9 Å². The Balaban J connectivity index is 1.53. The molecular formula is C26H30N4O4. The van der Waals surface area contributed by atoms with Crippen LogP contribution in [-0.2, 0) is 4.74 Å². The lowest BCUT2D eigenvalue weighted by atomic mass is 9.82. The molecule has 1 unspecified atom stereocenters. The fraction of sp³-hybridized carbons (Fsp3) is 0.423. The van der Waals surface area contributed by atoms with Crippen LogP contribution < -0.4 is 10.2 Å². The molecule has 34 heavy (non-hydrogen) atoms. The van der Waals surface area contributed by atoms with Crippen LogP contribution in [0.15, 0.2) is 42.5 Å². The topological polar surface area (TPSA) is 108 Å². The van der Waals surface area contributed by atoms with Crippen LogP contribution in [0, 0.1) is 18.8 Å². The molecule has 8 nitrogen and oxygen atoms in total. The summed E-state index contributed by atoms with van der Waals surface area (Å²) in [5, 5.41) is 23.7. The Kier molecular flexibility index (Phi) is 6.24. The minimum absolute atomic E-state index is 0.143. The summed E-state index contributed by atoms with van der Waals surface area (Å²) < 4.78 is 5.58. The standard InChI is InChI=1S/C26H30N4O4/c1-16-8-9-19-21(13-16)27-24(20-6-2-3-7-22(20)31)29-25(19)30-11-4-5-17(14-30)23(28-26(32)33)18-10-12-34-15-18/h2-3,6-9,13,17-18,23,28,31H,4-5,10-12,14-15H2,1H3,(H,32,33)/t17-,18?,23-/m1/s1. The number of phenolic OH excluding ortho intramolecular Hbond substituents is 1. The van der Waals surface area contributed by atoms with E-state index in [2.05, 4.69) is 22.3 Å². The van der Waals surface area contributed by atoms with Gasteiger partial charge in [-0.1, -0.05) is 18.2 Å². The van der Waals surface area contributed by atoms with Crippen LogP contribution >= 0.6 is 0 Å². The normalized spacial score (nSPS) is 21.5. The largest absolute Gasteiger partial charge is 0.507 e. The second kappa shape index (κ2) is 9.46. The lowest BCUT2D eigenvalue weighted by Gasteiger charge is -2.39. The highest BCUT2D eigenvalue weighted by molar-refractivity contribution is 5.92. The predicted molar refractivity (Wildman–Crippen MR) is 130 cm³/mol. The van der Waals surface area contributed by atoms with Gasteiger partial charge in [0.25, 0.3) is 0 Å². The van der Waals surface area contributed by atoms with Gasteiger partial charge in [-0.25, -0.2) is 14.8 Å². The van der Waals surface area contributed by atoms with Gasteiger partial charge in [0.05, 0.1) is 17.7 Å². The molecule has 0 saturated carbocycles. The van der Waals surface area contributed by atoms with Crippen molar-refractivity contribution in [2.75, 3.05) is 31.2 Å². The first-order valence-corrected chi connectivity index (χ1v) is 11.9. The number of phenols is 1. The van der Waals surface area contributed by atoms with Gasteiger partial charge in [-0.3, -0.25) is 0 Å². The molecule has 0 radical (unpaired) electrons. The molecule has 1 aromatic heterocycles. The van der Waals surface area contributed by atoms with Gasteiger partial charge in [0.2, 0.25) is 0 Å². The fourth-order valence-electron chi connectivity index (χ4n) is 5.34. The number of rotatable bonds is 5. The van der Waals surface area contributed by atoms with E-state index in [0.29, 0.717) is 31.1 Å². The van der Waals surface area contributed by atoms with Crippen LogP contribution in [0.3, 0.4) is 0 Å². The average molecular weight is 463 g/mol. The van der Waals surface area contributed by atoms with Crippen molar-refractivity contribution in [1.29, 1.82) is 0 Å². The van der Waals surface area contributed by atoms with Crippen molar-refractivity contribution in [3.05, 3.63) is 48.0 Å². The van der Waals surface area contributed by atoms with Gasteiger partial charge >= 0.3 is 6.09 Å². The molecule has 8 heteroatoms. The number of aromatic nitrogens is 2. The number of nitrogens with one attached hydrogen (secondary N) is 1. The number of nitrogens with zero attached hydrogens (tertiary/aromatic N) is 3. The summed E-state index contributed by atoms with van der Waals surface area (Å²) in [6.07, 6.45) is 1.78. The highest BCUT2D eigenvalue weighted by Crippen LogP contribution is 2.35. The van der Waals surface area contributed by atoms with Gasteiger partial charge in [-0.2, -0.15) is 0 Å². The lowest BCUT2D eigenvalue weighted by Crippen LogP contribution is -2.51. The third-order valence-electron chi connectivity index (χ3n) is 7.01. The van der Waals surface area contributed by atoms with Gasteiger partial charge in [-0.15, -0.1) is 0 Å². The first-order chi connectivity index (χ1) is 16.5. The quantitative estimate of drug-likeness (QED) is 0.521. The van der Waals surface area contributed by atoms with Crippen LogP contribution in [0.4, 0.5) is 10.6 Å². The van der Waals surface area contributed by atoms with Crippen molar-refractivity contribution in [1.82, 2.24) is 15.3 Å². The molecule has 0 bridgehead atoms. The Bertz CT molecular complexity index is 1190. The minimum atomic E-state index is -0.987. The molecule has 5 rings (SSSR count). The van der Waals surface area contributed by atoms with Crippen molar-refractivity contribution in [3.8, 4) is 17.1 Å². The Morgan fingerprint density at radius 2 is 2.03 bits per heavy atom. The smallest absolute Gasteiger partial charge is 0.404 e. The molecular weight excluding hydrogens is 432 g/mol. The first kappa shape index (κ1) is 22.4. The second-order valence-corrected chi connectivity index (χ2v) is 9.36. The van der Waals surface area contributed by atoms with Crippen LogP contribution in [0.25, 0.3) is 22.3 Å². The molecule has 178 valence electrons. The van der Waals surface area contributed by atoms with Crippen LogP contribution in [0.5, 0.6) is 5.75 Å². The maximum absolute atomic E-state index is 11.6. The predicted octanol–water partition coefficient (Wildman–Crippen LogP) is 4.20. The summed E-state index contributed by atoms with van der Waals surface area (Å²) >= 11 is 0. The SMILES string of the molecule is Cc1ccc2c(N3CCC[C@@H]([C@@H](NC(=O)O)C4CCOC4)C3)nc(-c3ccccc3O)nc2c1. The molecule has 2 aliphatic heterocycles. The van der Waals surface area contributed by atoms with Gasteiger partial charge in [0, 0.05) is 37.0 Å². The van der Waals surface area contributed by atoms with Crippen molar-refractivity contribution in [2.24, 2.45) is 11.8 Å². The van der Waals surface area contributed by atoms with Crippen LogP contribution in [0.1, 0.15) is 24.8 Å². The number of piperidine rings is 1. The summed E-state index contributed by atoms with van der Waals surface area (Å²) in [5.41, 5.74) is 2.52. The zero-order valence-corrected chi connectivity index (χ0v) is 19.3. The Morgan fingerprint density at radius 3 is 2.79 bits per heavy atom. The number of aromatic hydroxyl groups is 1. The minimum Gasteiger partial charge on any atom is -0.507 e. The van der Waals surface area contributed by atoms with Crippen molar-refractivity contribution in [2.45, 2.75) is 32.2 Å². The number of para-hydroxylation sites is 1. The summed E-state index contributed by atoms with van der Waals surface area (Å²) in [4.78, 5) is 23.5. The van der Waals surface area contributed by atoms with E-state index in [-0.39, 0.29) is 23.6 Å². The summed E-state index contributed by atoms with van der Waals surface area (Å²) in [6.45, 7) is 4.83. The number of hydrogen-bond donors (Lipinski definition) is 3. The number of fused-ring (bicyclic) bond motifs is 1. The number of aryl methyl sites for hydroxylation is 1. The third kappa shape index (κ3) is 4.50. The molecule has 3 N–H and O–H groups in total. The van der Waals surface area contributed by atoms with E-state index >= 15 is 0 Å². The van der Waals surface area contributed by atoms with Gasteiger partial charge < -0.3 is 25.2 Å². The maximum atomic E-state index is 11.6. The zero-order chi connectivity index (χ0) is 23.7. The third-order valence-corrected chi connectivity index (χ3v) is 7.01. The van der Waals surface area contributed by atoms with E-state index in [4.69, 9.17) is 14.7 Å². The molecule has 3 atom stereocenters. The number of benzene rings is 2. The molecule has 3 heterocycles. The summed E-state index contributed by atoms with van der Waals surface area (Å²) in [5.74, 6) is 1.79. The molecule has 0 aliphatic carbocycles.